The van der Waals surface area contributed by atoms with Crippen LogP contribution in [0.4, 0.5) is 0 Å². The second kappa shape index (κ2) is 62.5. The van der Waals surface area contributed by atoms with E-state index in [0.717, 1.165) is 115 Å². The Kier molecular flexibility index (Phi) is 61.1. The molecule has 0 fully saturated rings. The Morgan fingerprint density at radius 3 is 0.773 bits per heavy atom. The highest BCUT2D eigenvalue weighted by molar-refractivity contribution is 7.47. The van der Waals surface area contributed by atoms with E-state index in [4.69, 9.17) is 37.0 Å². The van der Waals surface area contributed by atoms with Crippen molar-refractivity contribution in [3.05, 3.63) is 0 Å². The minimum atomic E-state index is -4.95. The molecule has 0 aromatic carbocycles. The van der Waals surface area contributed by atoms with Crippen molar-refractivity contribution in [2.75, 3.05) is 39.6 Å². The van der Waals surface area contributed by atoms with Gasteiger partial charge in [-0.05, 0) is 31.6 Å². The number of esters is 4. The fourth-order valence-electron chi connectivity index (χ4n) is 10.5. The number of aliphatic hydroxyl groups is 1. The lowest BCUT2D eigenvalue weighted by Gasteiger charge is -2.21. The zero-order chi connectivity index (χ0) is 64.9. The summed E-state index contributed by atoms with van der Waals surface area (Å²) in [5, 5.41) is 10.5. The minimum absolute atomic E-state index is 0.103. The second-order valence-electron chi connectivity index (χ2n) is 25.4. The number of hydrogen-bond donors (Lipinski definition) is 3. The van der Waals surface area contributed by atoms with Gasteiger partial charge < -0.3 is 33.8 Å². The summed E-state index contributed by atoms with van der Waals surface area (Å²) in [5.41, 5.74) is 0. The van der Waals surface area contributed by atoms with Gasteiger partial charge in [-0.25, -0.2) is 9.13 Å². The SMILES string of the molecule is CCCCCCCCCCCCCCCCCCCCCCC(=O)O[C@H](COC(=O)CCCCCCCCCCCCCCCC(C)C)COP(=O)(O)OC[C@@H](O)COP(=O)(O)OC[C@@H](COC(=O)CCCCCCC)OC(=O)CCCCCCCCC. The van der Waals surface area contributed by atoms with Crippen LogP contribution in [-0.4, -0.2) is 96.7 Å². The third-order valence-electron chi connectivity index (χ3n) is 16.0. The normalized spacial score (nSPS) is 14.1. The van der Waals surface area contributed by atoms with E-state index in [1.165, 1.54) is 161 Å². The Bertz CT molecular complexity index is 1700. The first kappa shape index (κ1) is 86.1. The molecule has 0 saturated heterocycles. The van der Waals surface area contributed by atoms with Crippen molar-refractivity contribution in [3.63, 3.8) is 0 Å². The smallest absolute Gasteiger partial charge is 0.462 e. The first-order valence-corrected chi connectivity index (χ1v) is 39.1. The van der Waals surface area contributed by atoms with Crippen molar-refractivity contribution >= 4 is 39.5 Å². The van der Waals surface area contributed by atoms with Crippen LogP contribution in [-0.2, 0) is 65.4 Å². The van der Waals surface area contributed by atoms with E-state index in [1.54, 1.807) is 0 Å². The van der Waals surface area contributed by atoms with Gasteiger partial charge in [-0.15, -0.1) is 0 Å². The topological polar surface area (TPSA) is 237 Å². The lowest BCUT2D eigenvalue weighted by atomic mass is 10.0. The number of phosphoric ester groups is 2. The van der Waals surface area contributed by atoms with Crippen LogP contribution in [0.2, 0.25) is 0 Å². The molecule has 88 heavy (non-hydrogen) atoms. The molecule has 0 aromatic rings. The Hall–Kier alpha value is -1.94. The quantitative estimate of drug-likeness (QED) is 0.0222. The number of phosphoric acid groups is 2. The molecule has 0 aliphatic rings. The number of carbonyl (C=O) groups is 4. The summed E-state index contributed by atoms with van der Waals surface area (Å²) in [4.78, 5) is 72.0. The molecule has 17 nitrogen and oxygen atoms in total. The molecule has 0 heterocycles. The predicted molar refractivity (Wildman–Crippen MR) is 354 cm³/mol. The van der Waals surface area contributed by atoms with Crippen molar-refractivity contribution in [1.82, 2.24) is 0 Å². The Morgan fingerprint density at radius 1 is 0.307 bits per heavy atom. The summed E-state index contributed by atoms with van der Waals surface area (Å²) in [6, 6.07) is 0. The summed E-state index contributed by atoms with van der Waals surface area (Å²) < 4.78 is 67.9. The number of aliphatic hydroxyl groups excluding tert-OH is 1. The van der Waals surface area contributed by atoms with Crippen LogP contribution in [0.25, 0.3) is 0 Å². The molecule has 0 bridgehead atoms. The molecular weight excluding hydrogens is 1160 g/mol. The van der Waals surface area contributed by atoms with Crippen molar-refractivity contribution in [3.8, 4) is 0 Å². The fraction of sp³-hybridized carbons (Fsp3) is 0.942. The van der Waals surface area contributed by atoms with Crippen LogP contribution in [0.3, 0.4) is 0 Å². The highest BCUT2D eigenvalue weighted by atomic mass is 31.2. The van der Waals surface area contributed by atoms with Crippen LogP contribution < -0.4 is 0 Å². The summed E-state index contributed by atoms with van der Waals surface area (Å²) in [6.45, 7) is 7.12. The molecule has 2 unspecified atom stereocenters. The number of carbonyl (C=O) groups excluding carboxylic acids is 4. The molecule has 0 amide bonds. The first-order valence-electron chi connectivity index (χ1n) is 36.1. The van der Waals surface area contributed by atoms with Gasteiger partial charge in [-0.1, -0.05) is 304 Å². The maximum Gasteiger partial charge on any atom is 0.472 e. The van der Waals surface area contributed by atoms with E-state index in [0.29, 0.717) is 25.7 Å². The number of unbranched alkanes of at least 4 members (excludes halogenated alkanes) is 41. The highest BCUT2D eigenvalue weighted by Crippen LogP contribution is 2.45. The van der Waals surface area contributed by atoms with Crippen molar-refractivity contribution < 1.29 is 80.2 Å². The van der Waals surface area contributed by atoms with Crippen molar-refractivity contribution in [2.24, 2.45) is 5.92 Å². The van der Waals surface area contributed by atoms with E-state index >= 15 is 0 Å². The van der Waals surface area contributed by atoms with Crippen molar-refractivity contribution in [1.29, 1.82) is 0 Å². The molecule has 0 aliphatic carbocycles. The van der Waals surface area contributed by atoms with Crippen LogP contribution in [0.5, 0.6) is 0 Å². The second-order valence-corrected chi connectivity index (χ2v) is 28.3. The fourth-order valence-corrected chi connectivity index (χ4v) is 12.0. The van der Waals surface area contributed by atoms with Gasteiger partial charge >= 0.3 is 39.5 Å². The molecule has 0 saturated carbocycles. The summed E-state index contributed by atoms with van der Waals surface area (Å²) in [5.74, 6) is -1.35. The van der Waals surface area contributed by atoms with Gasteiger partial charge in [0.05, 0.1) is 26.4 Å². The molecule has 0 rings (SSSR count). The average molecular weight is 1300 g/mol. The third kappa shape index (κ3) is 62.8. The summed E-state index contributed by atoms with van der Waals surface area (Å²) >= 11 is 0. The van der Waals surface area contributed by atoms with E-state index in [2.05, 4.69) is 34.6 Å². The maximum absolute atomic E-state index is 13.0. The van der Waals surface area contributed by atoms with E-state index in [9.17, 15) is 43.2 Å². The van der Waals surface area contributed by atoms with E-state index in [-0.39, 0.29) is 25.7 Å². The van der Waals surface area contributed by atoms with Crippen LogP contribution in [0, 0.1) is 5.92 Å². The molecule has 3 N–H and O–H groups in total. The van der Waals surface area contributed by atoms with Gasteiger partial charge in [-0.3, -0.25) is 37.3 Å². The standard InChI is InChI=1S/C69H134O17P2/c1-6-9-12-15-17-18-19-20-21-22-23-24-25-26-29-33-36-40-45-50-55-69(74)86-65(59-80-67(72)53-48-43-39-35-32-30-27-28-31-34-38-42-46-51-62(4)5)61-84-88(77,78)82-57-63(70)56-81-87(75,76)83-60-64(58-79-66(71)52-47-41-14-11-8-3)85-68(73)54-49-44-37-16-13-10-7-2/h62-65,70H,6-61H2,1-5H3,(H,75,76)(H,77,78)/t63-,64+,65+/m0/s1. The zero-order valence-electron chi connectivity index (χ0n) is 56.9. The Labute approximate surface area is 537 Å². The molecule has 19 heteroatoms. The third-order valence-corrected chi connectivity index (χ3v) is 17.9. The molecule has 0 spiro atoms. The number of rotatable bonds is 69. The largest absolute Gasteiger partial charge is 0.472 e. The zero-order valence-corrected chi connectivity index (χ0v) is 58.6. The maximum atomic E-state index is 13.0. The molecule has 0 radical (unpaired) electrons. The molecule has 522 valence electrons. The number of ether oxygens (including phenoxy) is 4. The molecule has 5 atom stereocenters. The monoisotopic (exact) mass is 1300 g/mol. The predicted octanol–water partition coefficient (Wildman–Crippen LogP) is 19.7. The van der Waals surface area contributed by atoms with E-state index in [1.807, 2.05) is 0 Å². The lowest BCUT2D eigenvalue weighted by Crippen LogP contribution is -2.30. The van der Waals surface area contributed by atoms with Gasteiger partial charge in [0, 0.05) is 25.7 Å². The van der Waals surface area contributed by atoms with Crippen molar-refractivity contribution in [2.45, 2.75) is 374 Å². The lowest BCUT2D eigenvalue weighted by molar-refractivity contribution is -0.161. The first-order chi connectivity index (χ1) is 42.5. The van der Waals surface area contributed by atoms with Gasteiger partial charge in [0.25, 0.3) is 0 Å². The van der Waals surface area contributed by atoms with Gasteiger partial charge in [0.2, 0.25) is 0 Å². The summed E-state index contributed by atoms with van der Waals surface area (Å²) in [7, 11) is -9.88. The highest BCUT2D eigenvalue weighted by Gasteiger charge is 2.30. The molecular formula is C69H134O17P2. The summed E-state index contributed by atoms with van der Waals surface area (Å²) in [6.07, 6.45) is 49.3. The van der Waals surface area contributed by atoms with Crippen LogP contribution in [0.15, 0.2) is 0 Å². The van der Waals surface area contributed by atoms with Gasteiger partial charge in [0.15, 0.2) is 12.2 Å². The molecule has 0 aliphatic heterocycles. The van der Waals surface area contributed by atoms with Gasteiger partial charge in [-0.2, -0.15) is 0 Å². The molecule has 0 aromatic heterocycles. The van der Waals surface area contributed by atoms with Crippen LogP contribution in [0.1, 0.15) is 356 Å². The van der Waals surface area contributed by atoms with Gasteiger partial charge in [0.1, 0.15) is 19.3 Å². The Balaban J connectivity index is 5.09. The average Bonchev–Trinajstić information content (AvgIpc) is 3.64. The van der Waals surface area contributed by atoms with E-state index < -0.39 is 97.5 Å². The van der Waals surface area contributed by atoms with Crippen LogP contribution >= 0.6 is 15.6 Å². The number of hydrogen-bond acceptors (Lipinski definition) is 15. The minimum Gasteiger partial charge on any atom is -0.462 e. The Morgan fingerprint density at radius 2 is 0.523 bits per heavy atom.